The molecule has 0 radical (unpaired) electrons. The van der Waals surface area contributed by atoms with Gasteiger partial charge < -0.3 is 15.2 Å². The number of nitrogens with two attached hydrogens (primary N) is 2. The SMILES string of the molecule is Cl.Cl.NCCOCCOC(=O)CCCSN. The van der Waals surface area contributed by atoms with E-state index in [1.54, 1.807) is 0 Å². The molecule has 0 saturated carbocycles. The van der Waals surface area contributed by atoms with Crippen LogP contribution in [0.3, 0.4) is 0 Å². The Bertz CT molecular complexity index is 155. The van der Waals surface area contributed by atoms with E-state index in [1.807, 2.05) is 0 Å². The molecule has 0 aromatic carbocycles. The van der Waals surface area contributed by atoms with Crippen LogP contribution in [-0.4, -0.2) is 38.1 Å². The maximum atomic E-state index is 11.0. The van der Waals surface area contributed by atoms with Gasteiger partial charge in [-0.25, -0.2) is 0 Å². The summed E-state index contributed by atoms with van der Waals surface area (Å²) < 4.78 is 9.91. The molecule has 0 aromatic heterocycles. The van der Waals surface area contributed by atoms with Crippen LogP contribution in [0.2, 0.25) is 0 Å². The van der Waals surface area contributed by atoms with Crippen LogP contribution in [-0.2, 0) is 14.3 Å². The Morgan fingerprint density at radius 2 is 1.88 bits per heavy atom. The molecule has 0 saturated heterocycles. The Balaban J connectivity index is -0.000000845. The van der Waals surface area contributed by atoms with Crippen molar-refractivity contribution in [1.82, 2.24) is 0 Å². The smallest absolute Gasteiger partial charge is 0.305 e. The lowest BCUT2D eigenvalue weighted by atomic mass is 10.3. The highest BCUT2D eigenvalue weighted by Gasteiger charge is 2.01. The average molecular weight is 295 g/mol. The van der Waals surface area contributed by atoms with E-state index in [0.29, 0.717) is 32.8 Å². The molecule has 0 spiro atoms. The minimum absolute atomic E-state index is 0. The average Bonchev–Trinajstić information content (AvgIpc) is 2.18. The van der Waals surface area contributed by atoms with Crippen LogP contribution in [0.5, 0.6) is 0 Å². The lowest BCUT2D eigenvalue weighted by Crippen LogP contribution is -2.14. The second-order valence-corrected chi connectivity index (χ2v) is 3.34. The third-order valence-electron chi connectivity index (χ3n) is 1.40. The van der Waals surface area contributed by atoms with Gasteiger partial charge in [-0.05, 0) is 6.42 Å². The number of halogens is 2. The van der Waals surface area contributed by atoms with E-state index in [1.165, 1.54) is 11.9 Å². The highest BCUT2D eigenvalue weighted by atomic mass is 35.5. The lowest BCUT2D eigenvalue weighted by molar-refractivity contribution is -0.145. The Morgan fingerprint density at radius 1 is 1.19 bits per heavy atom. The van der Waals surface area contributed by atoms with Crippen LogP contribution >= 0.6 is 36.8 Å². The third-order valence-corrected chi connectivity index (χ3v) is 1.92. The minimum atomic E-state index is -0.199. The van der Waals surface area contributed by atoms with Crippen molar-refractivity contribution in [2.45, 2.75) is 12.8 Å². The molecular weight excluding hydrogens is 275 g/mol. The standard InChI is InChI=1S/C8H18N2O3S.2ClH/c9-3-4-12-5-6-13-8(11)2-1-7-14-10;;/h1-7,9-10H2;2*1H. The van der Waals surface area contributed by atoms with Gasteiger partial charge in [-0.15, -0.1) is 24.8 Å². The van der Waals surface area contributed by atoms with Crippen molar-refractivity contribution in [2.24, 2.45) is 10.9 Å². The third kappa shape index (κ3) is 16.7. The number of carbonyl (C=O) groups is 1. The number of ether oxygens (including phenoxy) is 2. The van der Waals surface area contributed by atoms with Crippen LogP contribution < -0.4 is 10.9 Å². The van der Waals surface area contributed by atoms with Crippen LogP contribution in [0.15, 0.2) is 0 Å². The first kappa shape index (κ1) is 21.6. The quantitative estimate of drug-likeness (QED) is 0.370. The summed E-state index contributed by atoms with van der Waals surface area (Å²) in [4.78, 5) is 11.0. The molecule has 8 heteroatoms. The first-order chi connectivity index (χ1) is 6.81. The summed E-state index contributed by atoms with van der Waals surface area (Å²) in [5.74, 6) is 0.578. The zero-order valence-electron chi connectivity index (χ0n) is 9.05. The van der Waals surface area contributed by atoms with Crippen LogP contribution in [0.1, 0.15) is 12.8 Å². The number of carbonyl (C=O) groups excluding carboxylic acids is 1. The topological polar surface area (TPSA) is 87.6 Å². The molecule has 100 valence electrons. The molecule has 0 aliphatic rings. The van der Waals surface area contributed by atoms with Crippen molar-refractivity contribution in [3.05, 3.63) is 0 Å². The van der Waals surface area contributed by atoms with E-state index >= 15 is 0 Å². The predicted molar refractivity (Wildman–Crippen MR) is 71.2 cm³/mol. The van der Waals surface area contributed by atoms with E-state index in [0.717, 1.165) is 12.2 Å². The van der Waals surface area contributed by atoms with E-state index in [4.69, 9.17) is 20.3 Å². The Kier molecular flexibility index (Phi) is 23.8. The molecular formula is C8H20Cl2N2O3S. The number of esters is 1. The van der Waals surface area contributed by atoms with Crippen LogP contribution in [0, 0.1) is 0 Å². The second-order valence-electron chi connectivity index (χ2n) is 2.60. The van der Waals surface area contributed by atoms with Crippen LogP contribution in [0.25, 0.3) is 0 Å². The first-order valence-corrected chi connectivity index (χ1v) is 5.61. The van der Waals surface area contributed by atoms with E-state index in [-0.39, 0.29) is 30.8 Å². The molecule has 0 fully saturated rings. The van der Waals surface area contributed by atoms with Crippen molar-refractivity contribution in [1.29, 1.82) is 0 Å². The van der Waals surface area contributed by atoms with Crippen molar-refractivity contribution in [3.8, 4) is 0 Å². The molecule has 0 bridgehead atoms. The number of rotatable bonds is 9. The largest absolute Gasteiger partial charge is 0.463 e. The Hall–Kier alpha value is 0.280. The second kappa shape index (κ2) is 17.7. The van der Waals surface area contributed by atoms with E-state index in [2.05, 4.69) is 0 Å². The van der Waals surface area contributed by atoms with Gasteiger partial charge in [-0.2, -0.15) is 0 Å². The van der Waals surface area contributed by atoms with Crippen molar-refractivity contribution < 1.29 is 14.3 Å². The zero-order chi connectivity index (χ0) is 10.6. The maximum Gasteiger partial charge on any atom is 0.305 e. The molecule has 4 N–H and O–H groups in total. The highest BCUT2D eigenvalue weighted by molar-refractivity contribution is 7.97. The van der Waals surface area contributed by atoms with E-state index in [9.17, 15) is 4.79 Å². The molecule has 0 rings (SSSR count). The maximum absolute atomic E-state index is 11.0. The molecule has 0 unspecified atom stereocenters. The fraction of sp³-hybridized carbons (Fsp3) is 0.875. The Labute approximate surface area is 113 Å². The molecule has 0 aliphatic heterocycles. The van der Waals surface area contributed by atoms with Crippen molar-refractivity contribution >= 4 is 42.7 Å². The summed E-state index contributed by atoms with van der Waals surface area (Å²) in [6.45, 7) is 1.70. The van der Waals surface area contributed by atoms with Gasteiger partial charge in [0.2, 0.25) is 0 Å². The molecule has 0 aromatic rings. The monoisotopic (exact) mass is 294 g/mol. The summed E-state index contributed by atoms with van der Waals surface area (Å²) in [6, 6.07) is 0. The van der Waals surface area contributed by atoms with Crippen molar-refractivity contribution in [2.75, 3.05) is 32.1 Å². The summed E-state index contributed by atoms with van der Waals surface area (Å²) in [6.07, 6.45) is 1.17. The molecule has 5 nitrogen and oxygen atoms in total. The van der Waals surface area contributed by atoms with Gasteiger partial charge in [0, 0.05) is 18.7 Å². The van der Waals surface area contributed by atoms with Crippen molar-refractivity contribution in [3.63, 3.8) is 0 Å². The summed E-state index contributed by atoms with van der Waals surface area (Å²) >= 11 is 1.23. The normalized spacial score (nSPS) is 8.88. The molecule has 0 atom stereocenters. The number of hydrogen-bond acceptors (Lipinski definition) is 6. The fourth-order valence-electron chi connectivity index (χ4n) is 0.772. The number of hydrogen-bond donors (Lipinski definition) is 2. The first-order valence-electron chi connectivity index (χ1n) is 4.56. The van der Waals surface area contributed by atoms with Gasteiger partial charge in [0.15, 0.2) is 0 Å². The van der Waals surface area contributed by atoms with Gasteiger partial charge in [0.25, 0.3) is 0 Å². The lowest BCUT2D eigenvalue weighted by Gasteiger charge is -2.04. The van der Waals surface area contributed by atoms with Crippen LogP contribution in [0.4, 0.5) is 0 Å². The minimum Gasteiger partial charge on any atom is -0.463 e. The van der Waals surface area contributed by atoms with Gasteiger partial charge in [-0.1, -0.05) is 11.9 Å². The molecule has 0 aliphatic carbocycles. The molecule has 0 heterocycles. The fourth-order valence-corrected chi connectivity index (χ4v) is 1.08. The highest BCUT2D eigenvalue weighted by Crippen LogP contribution is 1.97. The van der Waals surface area contributed by atoms with Gasteiger partial charge in [0.1, 0.15) is 6.61 Å². The predicted octanol–water partition coefficient (Wildman–Crippen LogP) is 0.736. The van der Waals surface area contributed by atoms with Gasteiger partial charge in [-0.3, -0.25) is 9.93 Å². The van der Waals surface area contributed by atoms with Gasteiger partial charge >= 0.3 is 5.97 Å². The molecule has 16 heavy (non-hydrogen) atoms. The molecule has 0 amide bonds. The summed E-state index contributed by atoms with van der Waals surface area (Å²) in [7, 11) is 0. The zero-order valence-corrected chi connectivity index (χ0v) is 11.5. The Morgan fingerprint density at radius 3 is 2.44 bits per heavy atom. The summed E-state index contributed by atoms with van der Waals surface area (Å²) in [5, 5.41) is 5.20. The summed E-state index contributed by atoms with van der Waals surface area (Å²) in [5.41, 5.74) is 5.20. The van der Waals surface area contributed by atoms with E-state index < -0.39 is 0 Å². The van der Waals surface area contributed by atoms with Gasteiger partial charge in [0.05, 0.1) is 13.2 Å².